The van der Waals surface area contributed by atoms with E-state index < -0.39 is 6.43 Å². The number of fused-ring (bicyclic) bond motifs is 1. The van der Waals surface area contributed by atoms with Gasteiger partial charge in [0.1, 0.15) is 11.6 Å². The molecule has 1 heterocycles. The molecule has 74 valence electrons. The zero-order valence-corrected chi connectivity index (χ0v) is 8.04. The first kappa shape index (κ1) is 9.24. The molecule has 2 nitrogen and oxygen atoms in total. The topological polar surface area (TPSA) is 15.4 Å². The van der Waals surface area contributed by atoms with E-state index in [1.54, 1.807) is 11.7 Å². The molecular weight excluding hydrogens is 186 g/mol. The first-order chi connectivity index (χ1) is 6.58. The van der Waals surface area contributed by atoms with Crippen LogP contribution in [0, 0.1) is 5.92 Å². The van der Waals surface area contributed by atoms with E-state index in [0.717, 1.165) is 5.57 Å². The Morgan fingerprint density at radius 1 is 1.50 bits per heavy atom. The minimum absolute atomic E-state index is 0.0515. The van der Waals surface area contributed by atoms with Gasteiger partial charge in [0.15, 0.2) is 13.3 Å². The van der Waals surface area contributed by atoms with Gasteiger partial charge in [-0.05, 0) is 18.1 Å². The Morgan fingerprint density at radius 3 is 2.86 bits per heavy atom. The van der Waals surface area contributed by atoms with Crippen LogP contribution in [0.4, 0.5) is 8.78 Å². The maximum atomic E-state index is 12.7. The van der Waals surface area contributed by atoms with Crippen LogP contribution in [0.15, 0.2) is 28.4 Å². The van der Waals surface area contributed by atoms with Crippen molar-refractivity contribution in [1.82, 2.24) is 0 Å². The molecular formula is C10H11F2N2+. The standard InChI is InChI=1S/C10H11F2N2/c1-6-3-7-5-14(2)13-9(7)8(4-6)10(11)12/h3-5,7,10H,1-2H3/q+1. The minimum atomic E-state index is -2.44. The van der Waals surface area contributed by atoms with Crippen LogP contribution in [0.25, 0.3) is 0 Å². The van der Waals surface area contributed by atoms with Crippen molar-refractivity contribution >= 4 is 11.9 Å². The zero-order valence-electron chi connectivity index (χ0n) is 8.04. The van der Waals surface area contributed by atoms with Crippen LogP contribution in [0.2, 0.25) is 0 Å². The molecule has 14 heavy (non-hydrogen) atoms. The summed E-state index contributed by atoms with van der Waals surface area (Å²) in [5, 5.41) is 4.05. The van der Waals surface area contributed by atoms with E-state index in [1.807, 2.05) is 19.2 Å². The second-order valence-electron chi connectivity index (χ2n) is 3.54. The van der Waals surface area contributed by atoms with Gasteiger partial charge in [-0.1, -0.05) is 16.3 Å². The number of hydrogen-bond donors (Lipinski definition) is 0. The molecule has 0 fully saturated rings. The largest absolute Gasteiger partial charge is 0.265 e. The van der Waals surface area contributed by atoms with E-state index >= 15 is 0 Å². The quantitative estimate of drug-likeness (QED) is 0.570. The zero-order chi connectivity index (χ0) is 10.3. The summed E-state index contributed by atoms with van der Waals surface area (Å²) in [6.07, 6.45) is 2.83. The molecule has 0 spiro atoms. The van der Waals surface area contributed by atoms with E-state index in [0.29, 0.717) is 5.71 Å². The smallest absolute Gasteiger partial charge is 0.205 e. The van der Waals surface area contributed by atoms with Crippen molar-refractivity contribution in [2.24, 2.45) is 11.0 Å². The Labute approximate surface area is 80.9 Å². The van der Waals surface area contributed by atoms with Crippen LogP contribution in [-0.4, -0.2) is 30.1 Å². The molecule has 1 aliphatic heterocycles. The highest BCUT2D eigenvalue weighted by Crippen LogP contribution is 2.26. The summed E-state index contributed by atoms with van der Waals surface area (Å²) in [4.78, 5) is 0. The van der Waals surface area contributed by atoms with Gasteiger partial charge in [0.05, 0.1) is 0 Å². The molecule has 4 heteroatoms. The van der Waals surface area contributed by atoms with Crippen molar-refractivity contribution in [3.8, 4) is 0 Å². The lowest BCUT2D eigenvalue weighted by Crippen LogP contribution is -2.21. The first-order valence-corrected chi connectivity index (χ1v) is 4.43. The molecule has 0 N–H and O–H groups in total. The fourth-order valence-electron chi connectivity index (χ4n) is 1.77. The molecule has 1 unspecified atom stereocenters. The third-order valence-corrected chi connectivity index (χ3v) is 2.31. The van der Waals surface area contributed by atoms with Gasteiger partial charge < -0.3 is 0 Å². The predicted molar refractivity (Wildman–Crippen MR) is 51.0 cm³/mol. The third kappa shape index (κ3) is 1.41. The molecule has 2 aliphatic rings. The average molecular weight is 197 g/mol. The van der Waals surface area contributed by atoms with E-state index in [1.165, 1.54) is 6.08 Å². The van der Waals surface area contributed by atoms with Crippen molar-refractivity contribution in [3.63, 3.8) is 0 Å². The fourth-order valence-corrected chi connectivity index (χ4v) is 1.77. The van der Waals surface area contributed by atoms with Crippen molar-refractivity contribution in [3.05, 3.63) is 23.3 Å². The fraction of sp³-hybridized carbons (Fsp3) is 0.400. The van der Waals surface area contributed by atoms with Crippen molar-refractivity contribution < 1.29 is 13.5 Å². The Morgan fingerprint density at radius 2 is 2.21 bits per heavy atom. The molecule has 1 aliphatic carbocycles. The Balaban J connectivity index is 2.44. The normalized spacial score (nSPS) is 25.4. The number of hydrazone groups is 1. The maximum Gasteiger partial charge on any atom is 0.265 e. The van der Waals surface area contributed by atoms with E-state index in [2.05, 4.69) is 5.10 Å². The highest BCUT2D eigenvalue weighted by Gasteiger charge is 2.33. The average Bonchev–Trinajstić information content (AvgIpc) is 2.42. The maximum absolute atomic E-state index is 12.7. The third-order valence-electron chi connectivity index (χ3n) is 2.31. The molecule has 0 aromatic heterocycles. The molecule has 1 atom stereocenters. The van der Waals surface area contributed by atoms with Gasteiger partial charge in [-0.3, -0.25) is 0 Å². The summed E-state index contributed by atoms with van der Waals surface area (Å²) in [5.74, 6) is -0.0750. The molecule has 0 aromatic rings. The van der Waals surface area contributed by atoms with Gasteiger partial charge >= 0.3 is 0 Å². The van der Waals surface area contributed by atoms with Gasteiger partial charge in [-0.2, -0.15) is 0 Å². The van der Waals surface area contributed by atoms with Crippen LogP contribution in [0.5, 0.6) is 0 Å². The van der Waals surface area contributed by atoms with Crippen LogP contribution >= 0.6 is 0 Å². The van der Waals surface area contributed by atoms with Crippen LogP contribution in [0.1, 0.15) is 6.92 Å². The van der Waals surface area contributed by atoms with Crippen LogP contribution in [0.3, 0.4) is 0 Å². The molecule has 0 aromatic carbocycles. The Hall–Kier alpha value is -1.32. The van der Waals surface area contributed by atoms with Gasteiger partial charge in [0.25, 0.3) is 6.43 Å². The van der Waals surface area contributed by atoms with Gasteiger partial charge in [0, 0.05) is 5.57 Å². The Kier molecular flexibility index (Phi) is 2.06. The summed E-state index contributed by atoms with van der Waals surface area (Å²) >= 11 is 0. The van der Waals surface area contributed by atoms with Crippen molar-refractivity contribution in [2.75, 3.05) is 7.05 Å². The number of alkyl halides is 2. The number of allylic oxidation sites excluding steroid dienone is 4. The highest BCUT2D eigenvalue weighted by molar-refractivity contribution is 6.12. The van der Waals surface area contributed by atoms with E-state index in [9.17, 15) is 8.78 Å². The number of rotatable bonds is 1. The second-order valence-corrected chi connectivity index (χ2v) is 3.54. The Bertz CT molecular complexity index is 389. The molecule has 0 bridgehead atoms. The predicted octanol–water partition coefficient (Wildman–Crippen LogP) is 1.84. The van der Waals surface area contributed by atoms with Gasteiger partial charge in [0.2, 0.25) is 0 Å². The number of nitrogens with zero attached hydrogens (tertiary/aromatic N) is 2. The second kappa shape index (κ2) is 3.12. The monoisotopic (exact) mass is 197 g/mol. The first-order valence-electron chi connectivity index (χ1n) is 4.43. The number of hydrogen-bond acceptors (Lipinski definition) is 1. The lowest BCUT2D eigenvalue weighted by atomic mass is 9.90. The summed E-state index contributed by atoms with van der Waals surface area (Å²) in [7, 11) is 1.75. The summed E-state index contributed by atoms with van der Waals surface area (Å²) < 4.78 is 26.9. The SMILES string of the molecule is CC1=CC2C=[N+](C)N=C2C(C(F)F)=C1. The molecule has 2 rings (SSSR count). The lowest BCUT2D eigenvalue weighted by molar-refractivity contribution is -0.495. The number of halogens is 2. The minimum Gasteiger partial charge on any atom is -0.205 e. The van der Waals surface area contributed by atoms with Crippen LogP contribution in [-0.2, 0) is 0 Å². The summed E-state index contributed by atoms with van der Waals surface area (Å²) in [5.41, 5.74) is 1.40. The van der Waals surface area contributed by atoms with Crippen LogP contribution < -0.4 is 0 Å². The highest BCUT2D eigenvalue weighted by atomic mass is 19.3. The van der Waals surface area contributed by atoms with Gasteiger partial charge in [-0.15, -0.1) is 0 Å². The molecule has 0 saturated heterocycles. The molecule has 0 radical (unpaired) electrons. The molecule has 0 saturated carbocycles. The van der Waals surface area contributed by atoms with Crippen molar-refractivity contribution in [1.29, 1.82) is 0 Å². The van der Waals surface area contributed by atoms with E-state index in [4.69, 9.17) is 0 Å². The van der Waals surface area contributed by atoms with Crippen molar-refractivity contribution in [2.45, 2.75) is 13.3 Å². The lowest BCUT2D eigenvalue weighted by Gasteiger charge is -2.13. The summed E-state index contributed by atoms with van der Waals surface area (Å²) in [6.45, 7) is 1.82. The van der Waals surface area contributed by atoms with E-state index in [-0.39, 0.29) is 11.5 Å². The molecule has 0 amide bonds. The summed E-state index contributed by atoms with van der Waals surface area (Å²) in [6, 6.07) is 0. The van der Waals surface area contributed by atoms with Gasteiger partial charge in [-0.25, -0.2) is 8.78 Å².